The SMILES string of the molecule is CC1(CN)CCN(C(=O)c2ccc(-c3cccc(Cl)c3)s2)C1. The summed E-state index contributed by atoms with van der Waals surface area (Å²) in [6, 6.07) is 11.6. The van der Waals surface area contributed by atoms with Crippen molar-refractivity contribution in [3.8, 4) is 10.4 Å². The molecule has 2 N–H and O–H groups in total. The van der Waals surface area contributed by atoms with Gasteiger partial charge in [0.15, 0.2) is 0 Å². The van der Waals surface area contributed by atoms with Crippen LogP contribution in [0, 0.1) is 5.41 Å². The predicted octanol–water partition coefficient (Wildman–Crippen LogP) is 3.88. The molecule has 0 aliphatic carbocycles. The average molecular weight is 335 g/mol. The van der Waals surface area contributed by atoms with E-state index < -0.39 is 0 Å². The summed E-state index contributed by atoms with van der Waals surface area (Å²) in [7, 11) is 0. The molecule has 0 saturated carbocycles. The van der Waals surface area contributed by atoms with E-state index in [-0.39, 0.29) is 11.3 Å². The van der Waals surface area contributed by atoms with Crippen molar-refractivity contribution in [2.45, 2.75) is 13.3 Å². The molecule has 22 heavy (non-hydrogen) atoms. The lowest BCUT2D eigenvalue weighted by molar-refractivity contribution is 0.0781. The monoisotopic (exact) mass is 334 g/mol. The number of halogens is 1. The van der Waals surface area contributed by atoms with Crippen LogP contribution in [0.1, 0.15) is 23.0 Å². The summed E-state index contributed by atoms with van der Waals surface area (Å²) in [5.41, 5.74) is 6.92. The molecule has 1 unspecified atom stereocenters. The summed E-state index contributed by atoms with van der Waals surface area (Å²) in [5.74, 6) is 0.107. The Bertz CT molecular complexity index is 699. The predicted molar refractivity (Wildman–Crippen MR) is 92.4 cm³/mol. The van der Waals surface area contributed by atoms with Gasteiger partial charge in [0.2, 0.25) is 0 Å². The number of thiophene rings is 1. The smallest absolute Gasteiger partial charge is 0.263 e. The number of nitrogens with zero attached hydrogens (tertiary/aromatic N) is 1. The maximum Gasteiger partial charge on any atom is 0.263 e. The Morgan fingerprint density at radius 2 is 2.23 bits per heavy atom. The summed E-state index contributed by atoms with van der Waals surface area (Å²) < 4.78 is 0. The number of hydrogen-bond acceptors (Lipinski definition) is 3. The van der Waals surface area contributed by atoms with E-state index in [9.17, 15) is 4.79 Å². The van der Waals surface area contributed by atoms with Crippen LogP contribution < -0.4 is 5.73 Å². The van der Waals surface area contributed by atoms with E-state index in [0.717, 1.165) is 34.8 Å². The van der Waals surface area contributed by atoms with Crippen LogP contribution in [0.3, 0.4) is 0 Å². The Hall–Kier alpha value is -1.36. The quantitative estimate of drug-likeness (QED) is 0.925. The van der Waals surface area contributed by atoms with Gasteiger partial charge in [-0.2, -0.15) is 0 Å². The van der Waals surface area contributed by atoms with Crippen LogP contribution in [0.25, 0.3) is 10.4 Å². The molecule has 1 atom stereocenters. The lowest BCUT2D eigenvalue weighted by Crippen LogP contribution is -2.34. The van der Waals surface area contributed by atoms with Crippen molar-refractivity contribution in [2.75, 3.05) is 19.6 Å². The van der Waals surface area contributed by atoms with Gasteiger partial charge in [0.25, 0.3) is 5.91 Å². The molecule has 1 saturated heterocycles. The molecule has 1 amide bonds. The molecule has 3 rings (SSSR count). The molecule has 1 aliphatic rings. The fraction of sp³-hybridized carbons (Fsp3) is 0.353. The van der Waals surface area contributed by atoms with Crippen molar-refractivity contribution in [3.63, 3.8) is 0 Å². The van der Waals surface area contributed by atoms with E-state index in [1.54, 1.807) is 0 Å². The third-order valence-corrected chi connectivity index (χ3v) is 5.62. The van der Waals surface area contributed by atoms with Gasteiger partial charge in [-0.1, -0.05) is 30.7 Å². The third-order valence-electron chi connectivity index (χ3n) is 4.26. The third kappa shape index (κ3) is 3.05. The second kappa shape index (κ2) is 6.03. The number of nitrogens with two attached hydrogens (primary N) is 1. The number of likely N-dealkylation sites (tertiary alicyclic amines) is 1. The first kappa shape index (κ1) is 15.5. The van der Waals surface area contributed by atoms with E-state index in [1.165, 1.54) is 11.3 Å². The number of hydrogen-bond donors (Lipinski definition) is 1. The highest BCUT2D eigenvalue weighted by Crippen LogP contribution is 2.33. The first-order valence-corrected chi connectivity index (χ1v) is 8.55. The summed E-state index contributed by atoms with van der Waals surface area (Å²) in [6.07, 6.45) is 0.974. The second-order valence-electron chi connectivity index (χ2n) is 6.17. The van der Waals surface area contributed by atoms with Crippen molar-refractivity contribution < 1.29 is 4.79 Å². The van der Waals surface area contributed by atoms with Crippen LogP contribution in [0.2, 0.25) is 5.02 Å². The number of amides is 1. The zero-order chi connectivity index (χ0) is 15.7. The highest BCUT2D eigenvalue weighted by atomic mass is 35.5. The van der Waals surface area contributed by atoms with Crippen LogP contribution in [0.4, 0.5) is 0 Å². The van der Waals surface area contributed by atoms with Gasteiger partial charge in [0, 0.05) is 23.0 Å². The fourth-order valence-electron chi connectivity index (χ4n) is 2.77. The van der Waals surface area contributed by atoms with Crippen molar-refractivity contribution in [3.05, 3.63) is 46.3 Å². The van der Waals surface area contributed by atoms with E-state index in [0.29, 0.717) is 11.6 Å². The summed E-state index contributed by atoms with van der Waals surface area (Å²) in [4.78, 5) is 16.4. The first-order chi connectivity index (χ1) is 10.5. The minimum Gasteiger partial charge on any atom is -0.337 e. The molecule has 5 heteroatoms. The fourth-order valence-corrected chi connectivity index (χ4v) is 3.93. The van der Waals surface area contributed by atoms with Gasteiger partial charge < -0.3 is 10.6 Å². The Morgan fingerprint density at radius 3 is 2.91 bits per heavy atom. The van der Waals surface area contributed by atoms with Gasteiger partial charge in [-0.25, -0.2) is 0 Å². The number of benzene rings is 1. The first-order valence-electron chi connectivity index (χ1n) is 7.36. The zero-order valence-electron chi connectivity index (χ0n) is 12.5. The minimum absolute atomic E-state index is 0.0582. The minimum atomic E-state index is 0.0582. The topological polar surface area (TPSA) is 46.3 Å². The van der Waals surface area contributed by atoms with E-state index in [4.69, 9.17) is 17.3 Å². The van der Waals surface area contributed by atoms with Crippen LogP contribution in [-0.2, 0) is 0 Å². The van der Waals surface area contributed by atoms with Crippen molar-refractivity contribution >= 4 is 28.8 Å². The van der Waals surface area contributed by atoms with E-state index in [2.05, 4.69) is 6.92 Å². The molecular formula is C17H19ClN2OS. The maximum absolute atomic E-state index is 12.6. The van der Waals surface area contributed by atoms with Gasteiger partial charge >= 0.3 is 0 Å². The van der Waals surface area contributed by atoms with Gasteiger partial charge in [0.1, 0.15) is 0 Å². The molecule has 1 aliphatic heterocycles. The molecule has 116 valence electrons. The average Bonchev–Trinajstić information content (AvgIpc) is 3.14. The summed E-state index contributed by atoms with van der Waals surface area (Å²) in [5, 5.41) is 0.706. The van der Waals surface area contributed by atoms with Gasteiger partial charge in [0.05, 0.1) is 4.88 Å². The molecule has 0 spiro atoms. The van der Waals surface area contributed by atoms with Crippen molar-refractivity contribution in [1.82, 2.24) is 4.90 Å². The molecule has 1 fully saturated rings. The highest BCUT2D eigenvalue weighted by molar-refractivity contribution is 7.17. The Balaban J connectivity index is 1.78. The molecule has 1 aromatic carbocycles. The van der Waals surface area contributed by atoms with Crippen LogP contribution in [0.15, 0.2) is 36.4 Å². The number of carbonyl (C=O) groups is 1. The lowest BCUT2D eigenvalue weighted by Gasteiger charge is -2.22. The lowest BCUT2D eigenvalue weighted by atomic mass is 9.90. The number of carbonyl (C=O) groups excluding carboxylic acids is 1. The zero-order valence-corrected chi connectivity index (χ0v) is 14.1. The van der Waals surface area contributed by atoms with Crippen LogP contribution in [0.5, 0.6) is 0 Å². The molecular weight excluding hydrogens is 316 g/mol. The molecule has 2 heterocycles. The van der Waals surface area contributed by atoms with Crippen molar-refractivity contribution in [1.29, 1.82) is 0 Å². The summed E-state index contributed by atoms with van der Waals surface area (Å²) >= 11 is 7.55. The molecule has 0 bridgehead atoms. The Morgan fingerprint density at radius 1 is 1.41 bits per heavy atom. The van der Waals surface area contributed by atoms with Crippen LogP contribution in [-0.4, -0.2) is 30.4 Å². The van der Waals surface area contributed by atoms with Gasteiger partial charge in [-0.15, -0.1) is 11.3 Å². The largest absolute Gasteiger partial charge is 0.337 e. The Labute approximate surface area is 139 Å². The molecule has 0 radical (unpaired) electrons. The standard InChI is InChI=1S/C17H19ClN2OS/c1-17(10-19)7-8-20(11-17)16(21)15-6-5-14(22-15)12-3-2-4-13(18)9-12/h2-6,9H,7-8,10-11,19H2,1H3. The van der Waals surface area contributed by atoms with E-state index >= 15 is 0 Å². The second-order valence-corrected chi connectivity index (χ2v) is 7.69. The molecule has 3 nitrogen and oxygen atoms in total. The van der Waals surface area contributed by atoms with Gasteiger partial charge in [-0.3, -0.25) is 4.79 Å². The maximum atomic E-state index is 12.6. The van der Waals surface area contributed by atoms with Crippen molar-refractivity contribution in [2.24, 2.45) is 11.1 Å². The Kier molecular flexibility index (Phi) is 4.26. The molecule has 1 aromatic heterocycles. The highest BCUT2D eigenvalue weighted by Gasteiger charge is 2.35. The molecule has 2 aromatic rings. The normalized spacial score (nSPS) is 21.3. The van der Waals surface area contributed by atoms with Crippen LogP contribution >= 0.6 is 22.9 Å². The van der Waals surface area contributed by atoms with E-state index in [1.807, 2.05) is 41.3 Å². The van der Waals surface area contributed by atoms with Gasteiger partial charge in [-0.05, 0) is 48.2 Å². The summed E-state index contributed by atoms with van der Waals surface area (Å²) in [6.45, 7) is 4.30. The number of rotatable bonds is 3.